The maximum absolute atomic E-state index is 6.76. The van der Waals surface area contributed by atoms with E-state index in [-0.39, 0.29) is 5.92 Å². The van der Waals surface area contributed by atoms with Gasteiger partial charge < -0.3 is 19.6 Å². The van der Waals surface area contributed by atoms with Gasteiger partial charge in [0, 0.05) is 44.3 Å². The van der Waals surface area contributed by atoms with Crippen molar-refractivity contribution < 1.29 is 4.74 Å². The van der Waals surface area contributed by atoms with E-state index in [2.05, 4.69) is 137 Å². The van der Waals surface area contributed by atoms with E-state index in [1.807, 2.05) is 30.3 Å². The van der Waals surface area contributed by atoms with Crippen LogP contribution in [0.25, 0.3) is 87.7 Å². The van der Waals surface area contributed by atoms with Crippen LogP contribution in [0.3, 0.4) is 0 Å². The van der Waals surface area contributed by atoms with Crippen LogP contribution in [0.15, 0.2) is 162 Å². The lowest BCUT2D eigenvalue weighted by Crippen LogP contribution is -2.16. The Labute approximate surface area is 325 Å². The Hall–Kier alpha value is -6.85. The van der Waals surface area contributed by atoms with Crippen molar-refractivity contribution in [3.05, 3.63) is 163 Å². The van der Waals surface area contributed by atoms with Gasteiger partial charge >= 0.3 is 0 Å². The normalized spacial score (nSPS) is 16.4. The van der Waals surface area contributed by atoms with Gasteiger partial charge in [-0.25, -0.2) is 4.99 Å². The number of rotatable bonds is 6. The number of nitrogens with zero attached hydrogens (tertiary/aromatic N) is 3. The molecule has 0 saturated heterocycles. The first-order chi connectivity index (χ1) is 27.6. The summed E-state index contributed by atoms with van der Waals surface area (Å²) in [6, 6.07) is 43.6. The molecule has 0 bridgehead atoms. The molecule has 56 heavy (non-hydrogen) atoms. The van der Waals surface area contributed by atoms with Gasteiger partial charge in [-0.2, -0.15) is 0 Å². The Kier molecular flexibility index (Phi) is 7.33. The molecular formula is C51H40N4O. The van der Waals surface area contributed by atoms with Gasteiger partial charge in [0.05, 0.1) is 40.6 Å². The van der Waals surface area contributed by atoms with E-state index in [0.717, 1.165) is 64.0 Å². The molecule has 2 aromatic heterocycles. The van der Waals surface area contributed by atoms with Crippen molar-refractivity contribution in [2.75, 3.05) is 7.11 Å². The molecule has 0 saturated carbocycles. The molecule has 0 radical (unpaired) electrons. The molecule has 1 atom stereocenters. The van der Waals surface area contributed by atoms with Crippen LogP contribution >= 0.6 is 0 Å². The third-order valence-electron chi connectivity index (χ3n) is 12.0. The van der Waals surface area contributed by atoms with Crippen molar-refractivity contribution in [1.29, 1.82) is 0 Å². The fourth-order valence-corrected chi connectivity index (χ4v) is 9.55. The van der Waals surface area contributed by atoms with Gasteiger partial charge in [-0.15, -0.1) is 0 Å². The van der Waals surface area contributed by atoms with Crippen molar-refractivity contribution in [2.24, 2.45) is 16.6 Å². The van der Waals surface area contributed by atoms with E-state index in [4.69, 9.17) is 15.5 Å². The first-order valence-electron chi connectivity index (χ1n) is 19.6. The molecule has 7 aromatic carbocycles. The molecule has 2 heterocycles. The lowest BCUT2D eigenvalue weighted by Gasteiger charge is -2.23. The van der Waals surface area contributed by atoms with E-state index >= 15 is 0 Å². The van der Waals surface area contributed by atoms with Crippen molar-refractivity contribution in [2.45, 2.75) is 26.2 Å². The molecule has 5 nitrogen and oxygen atoms in total. The first-order valence-corrected chi connectivity index (χ1v) is 19.6. The molecule has 0 aliphatic heterocycles. The summed E-state index contributed by atoms with van der Waals surface area (Å²) in [6.45, 7) is 2.31. The molecule has 0 amide bonds. The fraction of sp³-hybridized carbons (Fsp3) is 0.118. The summed E-state index contributed by atoms with van der Waals surface area (Å²) in [4.78, 5) is 5.17. The van der Waals surface area contributed by atoms with Crippen LogP contribution in [-0.4, -0.2) is 22.1 Å². The zero-order valence-corrected chi connectivity index (χ0v) is 31.5. The maximum Gasteiger partial charge on any atom is 0.131 e. The quantitative estimate of drug-likeness (QED) is 0.137. The topological polar surface area (TPSA) is 57.5 Å². The summed E-state index contributed by atoms with van der Waals surface area (Å²) < 4.78 is 11.2. The molecule has 2 N–H and O–H groups in total. The molecule has 0 fully saturated rings. The molecule has 5 heteroatoms. The number of aliphatic imine (C=N–C) groups is 1. The standard InChI is InChI=1S/C51H40N4O/c1-31-15-12-24-40(53-51(52)33-18-8-4-9-19-33)50(31)55-42-26-14-22-35-38-29-37(32-16-6-3-7-17-32)45(56-2)30-39(38)36-23-13-25-41-46(36)48-43(27-28-44(55)49(48)47(35)42)54(41)34-20-10-5-11-21-34/h3-4,6-10,12-14,16-31H,5,11,15H2,1-2H3,(H2,52,53). The highest BCUT2D eigenvalue weighted by molar-refractivity contribution is 6.39. The average Bonchev–Trinajstić information content (AvgIpc) is 3.77. The van der Waals surface area contributed by atoms with Gasteiger partial charge in [-0.3, -0.25) is 0 Å². The molecule has 270 valence electrons. The second-order valence-corrected chi connectivity index (χ2v) is 15.2. The summed E-state index contributed by atoms with van der Waals surface area (Å²) in [6.07, 6.45) is 14.4. The van der Waals surface area contributed by atoms with Crippen molar-refractivity contribution in [3.63, 3.8) is 0 Å². The fourth-order valence-electron chi connectivity index (χ4n) is 9.55. The minimum Gasteiger partial charge on any atom is -0.496 e. The number of fused-ring (bicyclic) bond motifs is 3. The van der Waals surface area contributed by atoms with E-state index in [0.29, 0.717) is 5.84 Å². The van der Waals surface area contributed by atoms with E-state index in [1.165, 1.54) is 60.0 Å². The van der Waals surface area contributed by atoms with Crippen molar-refractivity contribution in [3.8, 4) is 16.9 Å². The summed E-state index contributed by atoms with van der Waals surface area (Å²) in [7, 11) is 1.78. The minimum absolute atomic E-state index is 0.196. The van der Waals surface area contributed by atoms with Crippen LogP contribution in [0.2, 0.25) is 0 Å². The lowest BCUT2D eigenvalue weighted by molar-refractivity contribution is 0.417. The summed E-state index contributed by atoms with van der Waals surface area (Å²) in [5, 5.41) is 9.80. The third kappa shape index (κ3) is 4.70. The Morgan fingerprint density at radius 3 is 1.96 bits per heavy atom. The number of benzene rings is 6. The van der Waals surface area contributed by atoms with Crippen molar-refractivity contribution in [1.82, 2.24) is 9.13 Å². The smallest absolute Gasteiger partial charge is 0.131 e. The Morgan fingerprint density at radius 1 is 0.643 bits per heavy atom. The van der Waals surface area contributed by atoms with Gasteiger partial charge in [0.15, 0.2) is 0 Å². The molecule has 9 aromatic rings. The van der Waals surface area contributed by atoms with Gasteiger partial charge in [0.1, 0.15) is 11.6 Å². The van der Waals surface area contributed by atoms with Crippen LogP contribution in [-0.2, 0) is 0 Å². The van der Waals surface area contributed by atoms with E-state index in [9.17, 15) is 0 Å². The van der Waals surface area contributed by atoms with Gasteiger partial charge in [-0.05, 0) is 94.9 Å². The number of nitrogens with two attached hydrogens (primary N) is 1. The maximum atomic E-state index is 6.76. The second-order valence-electron chi connectivity index (χ2n) is 15.2. The van der Waals surface area contributed by atoms with Gasteiger partial charge in [0.2, 0.25) is 0 Å². The molecule has 1 unspecified atom stereocenters. The number of hydrogen-bond donors (Lipinski definition) is 1. The third-order valence-corrected chi connectivity index (χ3v) is 12.0. The van der Waals surface area contributed by atoms with Crippen LogP contribution in [0, 0.1) is 5.92 Å². The Morgan fingerprint density at radius 2 is 1.29 bits per heavy atom. The molecule has 0 spiro atoms. The molecule has 2 aliphatic carbocycles. The van der Waals surface area contributed by atoms with Crippen LogP contribution in [0.5, 0.6) is 5.75 Å². The zero-order valence-electron chi connectivity index (χ0n) is 31.5. The monoisotopic (exact) mass is 724 g/mol. The number of hydrogen-bond acceptors (Lipinski definition) is 2. The van der Waals surface area contributed by atoms with E-state index < -0.39 is 0 Å². The number of methoxy groups -OCH3 is 1. The summed E-state index contributed by atoms with van der Waals surface area (Å²) in [5.41, 5.74) is 17.9. The first kappa shape index (κ1) is 32.6. The van der Waals surface area contributed by atoms with Gasteiger partial charge in [-0.1, -0.05) is 110 Å². The van der Waals surface area contributed by atoms with Crippen molar-refractivity contribution >= 4 is 82.4 Å². The van der Waals surface area contributed by atoms with Crippen LogP contribution in [0.4, 0.5) is 0 Å². The number of allylic oxidation sites excluding steroid dienone is 7. The predicted molar refractivity (Wildman–Crippen MR) is 237 cm³/mol. The second kappa shape index (κ2) is 12.6. The molecular weight excluding hydrogens is 685 g/mol. The molecule has 11 rings (SSSR count). The number of amidine groups is 1. The Balaban J connectivity index is 1.37. The average molecular weight is 725 g/mol. The molecule has 2 aliphatic rings. The summed E-state index contributed by atoms with van der Waals surface area (Å²) >= 11 is 0. The number of aromatic nitrogens is 2. The highest BCUT2D eigenvalue weighted by Crippen LogP contribution is 2.50. The zero-order chi connectivity index (χ0) is 37.5. The van der Waals surface area contributed by atoms with Gasteiger partial charge in [0.25, 0.3) is 0 Å². The largest absolute Gasteiger partial charge is 0.496 e. The highest BCUT2D eigenvalue weighted by Gasteiger charge is 2.28. The van der Waals surface area contributed by atoms with E-state index in [1.54, 1.807) is 7.11 Å². The van der Waals surface area contributed by atoms with Crippen LogP contribution < -0.4 is 10.5 Å². The SMILES string of the molecule is COc1cc2c(cc1-c1ccccc1)c1cccc3c1c1c4c5c2cccc5n(C2=CCCC=C2)c4ccc1n3C1=C(N=C(N)c2ccccc2)C=CCC1C. The van der Waals surface area contributed by atoms with Crippen LogP contribution in [0.1, 0.15) is 31.7 Å². The summed E-state index contributed by atoms with van der Waals surface area (Å²) in [5.74, 6) is 1.56. The number of ether oxygens (including phenoxy) is 1. The highest BCUT2D eigenvalue weighted by atomic mass is 16.5. The Bertz CT molecular complexity index is 3210. The predicted octanol–water partition coefficient (Wildman–Crippen LogP) is 12.7. The lowest BCUT2D eigenvalue weighted by atomic mass is 9.92. The minimum atomic E-state index is 0.196.